The number of esters is 1. The van der Waals surface area contributed by atoms with Gasteiger partial charge < -0.3 is 15.4 Å². The Morgan fingerprint density at radius 2 is 1.83 bits per heavy atom. The summed E-state index contributed by atoms with van der Waals surface area (Å²) in [7, 11) is 1.33. The minimum absolute atomic E-state index is 0.0429. The summed E-state index contributed by atoms with van der Waals surface area (Å²) in [6.07, 6.45) is 2.88. The number of nitrogens with zero attached hydrogens (tertiary/aromatic N) is 2. The molecule has 0 aliphatic rings. The van der Waals surface area contributed by atoms with Gasteiger partial charge in [0.15, 0.2) is 0 Å². The molecule has 0 saturated carbocycles. The molecule has 1 aromatic heterocycles. The summed E-state index contributed by atoms with van der Waals surface area (Å²) in [5.74, 6) is -0.317. The van der Waals surface area contributed by atoms with Crippen molar-refractivity contribution in [2.24, 2.45) is 0 Å². The van der Waals surface area contributed by atoms with E-state index >= 15 is 0 Å². The Balaban J connectivity index is 2.09. The van der Waals surface area contributed by atoms with Crippen LogP contribution in [-0.2, 0) is 4.74 Å². The molecule has 0 aliphatic carbocycles. The molecule has 0 unspecified atom stereocenters. The fourth-order valence-corrected chi connectivity index (χ4v) is 1.83. The summed E-state index contributed by atoms with van der Waals surface area (Å²) in [6, 6.07) is 6.82. The number of carbonyl (C=O) groups excluding carboxylic acids is 2. The van der Waals surface area contributed by atoms with Crippen LogP contribution in [-0.4, -0.2) is 35.0 Å². The van der Waals surface area contributed by atoms with E-state index < -0.39 is 5.97 Å². The second kappa shape index (κ2) is 7.35. The Kier molecular flexibility index (Phi) is 5.24. The molecule has 2 N–H and O–H groups in total. The Labute approximate surface area is 134 Å². The molecule has 1 aromatic carbocycles. The van der Waals surface area contributed by atoms with E-state index in [1.807, 2.05) is 13.8 Å². The first-order valence-electron chi connectivity index (χ1n) is 7.08. The lowest BCUT2D eigenvalue weighted by Crippen LogP contribution is -2.30. The largest absolute Gasteiger partial charge is 0.465 e. The minimum Gasteiger partial charge on any atom is -0.465 e. The quantitative estimate of drug-likeness (QED) is 0.821. The lowest BCUT2D eigenvalue weighted by Gasteiger charge is -2.09. The van der Waals surface area contributed by atoms with E-state index in [1.165, 1.54) is 19.5 Å². The summed E-state index contributed by atoms with van der Waals surface area (Å²) in [6.45, 7) is 3.76. The third-order valence-electron chi connectivity index (χ3n) is 2.87. The van der Waals surface area contributed by atoms with Gasteiger partial charge >= 0.3 is 5.97 Å². The molecule has 0 atom stereocenters. The number of hydrogen-bond donors (Lipinski definition) is 2. The average Bonchev–Trinajstić information content (AvgIpc) is 2.54. The van der Waals surface area contributed by atoms with Crippen molar-refractivity contribution in [3.63, 3.8) is 0 Å². The van der Waals surface area contributed by atoms with Gasteiger partial charge in [0.05, 0.1) is 18.2 Å². The van der Waals surface area contributed by atoms with Crippen LogP contribution in [0.2, 0.25) is 0 Å². The molecule has 120 valence electrons. The fraction of sp³-hybridized carbons (Fsp3) is 0.250. The zero-order valence-corrected chi connectivity index (χ0v) is 13.2. The fourth-order valence-electron chi connectivity index (χ4n) is 1.83. The number of nitrogens with one attached hydrogen (secondary N) is 2. The zero-order valence-electron chi connectivity index (χ0n) is 13.2. The zero-order chi connectivity index (χ0) is 16.8. The van der Waals surface area contributed by atoms with E-state index in [-0.39, 0.29) is 11.9 Å². The lowest BCUT2D eigenvalue weighted by molar-refractivity contribution is 0.0600. The highest BCUT2D eigenvalue weighted by atomic mass is 16.5. The molecule has 0 bridgehead atoms. The predicted octanol–water partition coefficient (Wildman–Crippen LogP) is 2.14. The van der Waals surface area contributed by atoms with Crippen molar-refractivity contribution in [3.05, 3.63) is 47.8 Å². The van der Waals surface area contributed by atoms with Gasteiger partial charge in [-0.15, -0.1) is 0 Å². The Morgan fingerprint density at radius 1 is 1.13 bits per heavy atom. The van der Waals surface area contributed by atoms with Crippen molar-refractivity contribution < 1.29 is 14.3 Å². The molecule has 23 heavy (non-hydrogen) atoms. The maximum Gasteiger partial charge on any atom is 0.337 e. The Hall–Kier alpha value is -2.96. The van der Waals surface area contributed by atoms with Gasteiger partial charge in [0.25, 0.3) is 5.91 Å². The van der Waals surface area contributed by atoms with Gasteiger partial charge in [-0.05, 0) is 32.0 Å². The molecular formula is C16H18N4O3. The molecule has 0 spiro atoms. The molecule has 0 radical (unpaired) electrons. The summed E-state index contributed by atoms with van der Waals surface area (Å²) >= 11 is 0. The molecule has 0 aliphatic heterocycles. The number of hydrogen-bond acceptors (Lipinski definition) is 6. The van der Waals surface area contributed by atoms with E-state index in [2.05, 4.69) is 25.3 Å². The van der Waals surface area contributed by atoms with Crippen LogP contribution in [0.3, 0.4) is 0 Å². The molecule has 7 nitrogen and oxygen atoms in total. The van der Waals surface area contributed by atoms with Crippen LogP contribution in [0.5, 0.6) is 0 Å². The van der Waals surface area contributed by atoms with E-state index in [0.717, 1.165) is 0 Å². The van der Waals surface area contributed by atoms with Crippen LogP contribution in [0.25, 0.3) is 0 Å². The van der Waals surface area contributed by atoms with Crippen molar-refractivity contribution in [1.82, 2.24) is 15.3 Å². The first-order valence-corrected chi connectivity index (χ1v) is 7.08. The van der Waals surface area contributed by atoms with Crippen LogP contribution in [0.1, 0.15) is 34.6 Å². The number of aromatic nitrogens is 2. The van der Waals surface area contributed by atoms with Crippen molar-refractivity contribution in [2.45, 2.75) is 19.9 Å². The van der Waals surface area contributed by atoms with Crippen molar-refractivity contribution >= 4 is 23.5 Å². The van der Waals surface area contributed by atoms with Crippen molar-refractivity contribution in [1.29, 1.82) is 0 Å². The van der Waals surface area contributed by atoms with Crippen LogP contribution in [0, 0.1) is 0 Å². The lowest BCUT2D eigenvalue weighted by atomic mass is 10.2. The van der Waals surface area contributed by atoms with Gasteiger partial charge in [-0.3, -0.25) is 4.79 Å². The van der Waals surface area contributed by atoms with Crippen LogP contribution in [0.4, 0.5) is 11.6 Å². The van der Waals surface area contributed by atoms with Gasteiger partial charge in [-0.1, -0.05) is 6.07 Å². The molecule has 2 rings (SSSR count). The van der Waals surface area contributed by atoms with Crippen LogP contribution >= 0.6 is 0 Å². The predicted molar refractivity (Wildman–Crippen MR) is 85.7 cm³/mol. The van der Waals surface area contributed by atoms with Gasteiger partial charge in [-0.2, -0.15) is 0 Å². The number of ether oxygens (including phenoxy) is 1. The molecule has 1 amide bonds. The summed E-state index contributed by atoms with van der Waals surface area (Å²) in [4.78, 5) is 31.5. The van der Waals surface area contributed by atoms with Gasteiger partial charge in [0.1, 0.15) is 0 Å². The van der Waals surface area contributed by atoms with E-state index in [9.17, 15) is 9.59 Å². The molecule has 0 fully saturated rings. The monoisotopic (exact) mass is 314 g/mol. The average molecular weight is 314 g/mol. The number of anilines is 2. The number of methoxy groups -OCH3 is 1. The first kappa shape index (κ1) is 16.4. The highest BCUT2D eigenvalue weighted by molar-refractivity contribution is 5.94. The molecule has 2 aromatic rings. The number of rotatable bonds is 5. The Bertz CT molecular complexity index is 699. The minimum atomic E-state index is -0.421. The van der Waals surface area contributed by atoms with E-state index in [0.29, 0.717) is 22.8 Å². The number of amides is 1. The van der Waals surface area contributed by atoms with Crippen LogP contribution in [0.15, 0.2) is 36.7 Å². The molecular weight excluding hydrogens is 296 g/mol. The summed E-state index contributed by atoms with van der Waals surface area (Å²) < 4.78 is 4.67. The van der Waals surface area contributed by atoms with E-state index in [4.69, 9.17) is 0 Å². The van der Waals surface area contributed by atoms with E-state index in [1.54, 1.807) is 24.3 Å². The van der Waals surface area contributed by atoms with Crippen molar-refractivity contribution in [2.75, 3.05) is 12.4 Å². The smallest absolute Gasteiger partial charge is 0.337 e. The maximum absolute atomic E-state index is 11.8. The van der Waals surface area contributed by atoms with Gasteiger partial charge in [0, 0.05) is 24.1 Å². The summed E-state index contributed by atoms with van der Waals surface area (Å²) in [5.41, 5.74) is 1.45. The maximum atomic E-state index is 11.8. The van der Waals surface area contributed by atoms with Crippen molar-refractivity contribution in [3.8, 4) is 0 Å². The second-order valence-electron chi connectivity index (χ2n) is 5.12. The molecule has 1 heterocycles. The van der Waals surface area contributed by atoms with Gasteiger partial charge in [0.2, 0.25) is 5.95 Å². The summed E-state index contributed by atoms with van der Waals surface area (Å²) in [5, 5.41) is 5.73. The highest BCUT2D eigenvalue weighted by Gasteiger charge is 2.09. The topological polar surface area (TPSA) is 93.2 Å². The third-order valence-corrected chi connectivity index (χ3v) is 2.87. The number of benzene rings is 1. The normalized spacial score (nSPS) is 10.3. The van der Waals surface area contributed by atoms with Gasteiger partial charge in [-0.25, -0.2) is 14.8 Å². The standard InChI is InChI=1S/C16H18N4O3/c1-10(2)19-14(21)12-8-17-16(18-9-12)20-13-6-4-5-11(7-13)15(22)23-3/h4-10H,1-3H3,(H,19,21)(H,17,18,20). The second-order valence-corrected chi connectivity index (χ2v) is 5.12. The third kappa shape index (κ3) is 4.50. The number of carbonyl (C=O) groups is 2. The van der Waals surface area contributed by atoms with Crippen LogP contribution < -0.4 is 10.6 Å². The first-order chi connectivity index (χ1) is 11.0. The highest BCUT2D eigenvalue weighted by Crippen LogP contribution is 2.15. The molecule has 7 heteroatoms. The molecule has 0 saturated heterocycles. The SMILES string of the molecule is COC(=O)c1cccc(Nc2ncc(C(=O)NC(C)C)cn2)c1. The Morgan fingerprint density at radius 3 is 2.43 bits per heavy atom.